The molecule has 0 N–H and O–H groups in total. The zero-order chi connectivity index (χ0) is 9.54. The number of hydrogen-bond acceptors (Lipinski definition) is 1. The van der Waals surface area contributed by atoms with Gasteiger partial charge in [0, 0.05) is 11.9 Å². The van der Waals surface area contributed by atoms with Gasteiger partial charge in [0.25, 0.3) is 0 Å². The summed E-state index contributed by atoms with van der Waals surface area (Å²) in [6.45, 7) is 2.15. The molecule has 3 unspecified atom stereocenters. The quantitative estimate of drug-likeness (QED) is 0.620. The van der Waals surface area contributed by atoms with E-state index in [0.29, 0.717) is 6.04 Å². The van der Waals surface area contributed by atoms with Gasteiger partial charge in [0.15, 0.2) is 0 Å². The van der Waals surface area contributed by atoms with Crippen LogP contribution in [0.2, 0.25) is 0 Å². The third-order valence-corrected chi connectivity index (χ3v) is 3.72. The first-order valence-electron chi connectivity index (χ1n) is 5.53. The van der Waals surface area contributed by atoms with E-state index in [1.165, 1.54) is 25.0 Å². The van der Waals surface area contributed by atoms with Crippen LogP contribution in [0, 0.1) is 18.8 Å². The molecule has 2 nitrogen and oxygen atoms in total. The van der Waals surface area contributed by atoms with Gasteiger partial charge in [-0.25, -0.2) is 0 Å². The number of rotatable bonds is 1. The van der Waals surface area contributed by atoms with Crippen LogP contribution >= 0.6 is 0 Å². The largest absolute Gasteiger partial charge is 0.266 e. The molecule has 0 aliphatic heterocycles. The van der Waals surface area contributed by atoms with E-state index in [2.05, 4.69) is 34.9 Å². The van der Waals surface area contributed by atoms with Gasteiger partial charge in [-0.2, -0.15) is 5.10 Å². The zero-order valence-electron chi connectivity index (χ0n) is 8.56. The molecular formula is C12H16N2. The molecule has 1 aromatic heterocycles. The predicted molar refractivity (Wildman–Crippen MR) is 56.0 cm³/mol. The van der Waals surface area contributed by atoms with Crippen molar-refractivity contribution in [3.63, 3.8) is 0 Å². The Kier molecular flexibility index (Phi) is 1.76. The van der Waals surface area contributed by atoms with Crippen molar-refractivity contribution in [2.75, 3.05) is 0 Å². The summed E-state index contributed by atoms with van der Waals surface area (Å²) >= 11 is 0. The summed E-state index contributed by atoms with van der Waals surface area (Å²) in [5.74, 6) is 1.55. The minimum Gasteiger partial charge on any atom is -0.266 e. The highest BCUT2D eigenvalue weighted by molar-refractivity contribution is 5.10. The SMILES string of the molecule is Cc1ccnn1C1CC2C=CC1CC2. The first-order chi connectivity index (χ1) is 6.84. The average Bonchev–Trinajstić information content (AvgIpc) is 2.66. The Balaban J connectivity index is 1.94. The molecule has 0 spiro atoms. The summed E-state index contributed by atoms with van der Waals surface area (Å²) in [4.78, 5) is 0. The van der Waals surface area contributed by atoms with Crippen LogP contribution in [0.1, 0.15) is 31.0 Å². The molecular weight excluding hydrogens is 172 g/mol. The van der Waals surface area contributed by atoms with Crippen molar-refractivity contribution in [1.82, 2.24) is 9.78 Å². The van der Waals surface area contributed by atoms with Crippen LogP contribution in [-0.2, 0) is 0 Å². The van der Waals surface area contributed by atoms with Gasteiger partial charge in [-0.3, -0.25) is 4.68 Å². The Bertz CT molecular complexity index is 364. The molecule has 0 amide bonds. The first kappa shape index (κ1) is 8.27. The van der Waals surface area contributed by atoms with Gasteiger partial charge in [0.1, 0.15) is 0 Å². The summed E-state index contributed by atoms with van der Waals surface area (Å²) < 4.78 is 2.22. The molecule has 74 valence electrons. The van der Waals surface area contributed by atoms with E-state index in [9.17, 15) is 0 Å². The maximum atomic E-state index is 4.44. The standard InChI is InChI=1S/C12H16N2/c1-9-6-7-13-14(9)12-8-10-2-4-11(12)5-3-10/h2,4,6-7,10-12H,3,5,8H2,1H3. The minimum absolute atomic E-state index is 0.633. The fourth-order valence-electron chi connectivity index (χ4n) is 2.91. The zero-order valence-corrected chi connectivity index (χ0v) is 8.56. The van der Waals surface area contributed by atoms with Gasteiger partial charge in [-0.15, -0.1) is 0 Å². The van der Waals surface area contributed by atoms with Gasteiger partial charge >= 0.3 is 0 Å². The maximum Gasteiger partial charge on any atom is 0.0590 e. The molecule has 3 atom stereocenters. The highest BCUT2D eigenvalue weighted by Gasteiger charge is 2.33. The monoisotopic (exact) mass is 188 g/mol. The summed E-state index contributed by atoms with van der Waals surface area (Å²) in [5, 5.41) is 4.44. The van der Waals surface area contributed by atoms with E-state index < -0.39 is 0 Å². The lowest BCUT2D eigenvalue weighted by Gasteiger charge is -2.38. The maximum absolute atomic E-state index is 4.44. The van der Waals surface area contributed by atoms with Crippen LogP contribution in [-0.4, -0.2) is 9.78 Å². The van der Waals surface area contributed by atoms with Crippen molar-refractivity contribution in [2.24, 2.45) is 11.8 Å². The first-order valence-corrected chi connectivity index (χ1v) is 5.53. The molecule has 1 saturated carbocycles. The van der Waals surface area contributed by atoms with Crippen LogP contribution in [0.5, 0.6) is 0 Å². The highest BCUT2D eigenvalue weighted by Crippen LogP contribution is 2.43. The molecule has 2 heteroatoms. The van der Waals surface area contributed by atoms with E-state index in [1.807, 2.05) is 6.20 Å². The van der Waals surface area contributed by atoms with Crippen molar-refractivity contribution in [3.05, 3.63) is 30.1 Å². The number of fused-ring (bicyclic) bond motifs is 2. The average molecular weight is 188 g/mol. The van der Waals surface area contributed by atoms with Crippen LogP contribution in [0.4, 0.5) is 0 Å². The summed E-state index contributed by atoms with van der Waals surface area (Å²) in [7, 11) is 0. The molecule has 1 aromatic rings. The Hall–Kier alpha value is -1.05. The van der Waals surface area contributed by atoms with E-state index in [4.69, 9.17) is 0 Å². The van der Waals surface area contributed by atoms with Crippen LogP contribution in [0.3, 0.4) is 0 Å². The number of nitrogens with zero attached hydrogens (tertiary/aromatic N) is 2. The third kappa shape index (κ3) is 1.13. The minimum atomic E-state index is 0.633. The fourth-order valence-corrected chi connectivity index (χ4v) is 2.91. The Morgan fingerprint density at radius 1 is 1.36 bits per heavy atom. The lowest BCUT2D eigenvalue weighted by atomic mass is 9.73. The number of aryl methyl sites for hydroxylation is 1. The van der Waals surface area contributed by atoms with Crippen LogP contribution in [0.25, 0.3) is 0 Å². The van der Waals surface area contributed by atoms with E-state index in [-0.39, 0.29) is 0 Å². The van der Waals surface area contributed by atoms with Crippen LogP contribution in [0.15, 0.2) is 24.4 Å². The smallest absolute Gasteiger partial charge is 0.0590 e. The third-order valence-electron chi connectivity index (χ3n) is 3.72. The number of hydrogen-bond donors (Lipinski definition) is 0. The van der Waals surface area contributed by atoms with E-state index >= 15 is 0 Å². The Morgan fingerprint density at radius 3 is 2.79 bits per heavy atom. The molecule has 4 rings (SSSR count). The van der Waals surface area contributed by atoms with Crippen molar-refractivity contribution in [1.29, 1.82) is 0 Å². The molecule has 1 heterocycles. The highest BCUT2D eigenvalue weighted by atomic mass is 15.3. The van der Waals surface area contributed by atoms with Crippen molar-refractivity contribution >= 4 is 0 Å². The second-order valence-electron chi connectivity index (χ2n) is 4.61. The second kappa shape index (κ2) is 2.97. The van der Waals surface area contributed by atoms with Crippen molar-refractivity contribution in [3.8, 4) is 0 Å². The Morgan fingerprint density at radius 2 is 2.29 bits per heavy atom. The second-order valence-corrected chi connectivity index (χ2v) is 4.61. The molecule has 3 aliphatic carbocycles. The predicted octanol–water partition coefficient (Wildman–Crippen LogP) is 2.72. The van der Waals surface area contributed by atoms with Gasteiger partial charge in [0.2, 0.25) is 0 Å². The van der Waals surface area contributed by atoms with Crippen molar-refractivity contribution in [2.45, 2.75) is 32.2 Å². The molecule has 0 saturated heterocycles. The lowest BCUT2D eigenvalue weighted by Crippen LogP contribution is -2.30. The van der Waals surface area contributed by atoms with Gasteiger partial charge in [-0.05, 0) is 44.1 Å². The summed E-state index contributed by atoms with van der Waals surface area (Å²) in [6, 6.07) is 2.74. The molecule has 3 aliphatic rings. The molecule has 2 bridgehead atoms. The molecule has 0 aromatic carbocycles. The topological polar surface area (TPSA) is 17.8 Å². The number of aromatic nitrogens is 2. The van der Waals surface area contributed by atoms with E-state index in [0.717, 1.165) is 11.8 Å². The number of allylic oxidation sites excluding steroid dienone is 2. The summed E-state index contributed by atoms with van der Waals surface area (Å²) in [5.41, 5.74) is 1.30. The van der Waals surface area contributed by atoms with Gasteiger partial charge in [-0.1, -0.05) is 12.2 Å². The van der Waals surface area contributed by atoms with E-state index in [1.54, 1.807) is 0 Å². The van der Waals surface area contributed by atoms with Crippen molar-refractivity contribution < 1.29 is 0 Å². The normalized spacial score (nSPS) is 35.1. The Labute approximate surface area is 84.6 Å². The molecule has 0 radical (unpaired) electrons. The summed E-state index contributed by atoms with van der Waals surface area (Å²) in [6.07, 6.45) is 10.8. The van der Waals surface area contributed by atoms with Gasteiger partial charge in [0.05, 0.1) is 6.04 Å². The van der Waals surface area contributed by atoms with Crippen LogP contribution < -0.4 is 0 Å². The molecule has 1 fully saturated rings. The molecule has 14 heavy (non-hydrogen) atoms. The fraction of sp³-hybridized carbons (Fsp3) is 0.583. The van der Waals surface area contributed by atoms with Gasteiger partial charge < -0.3 is 0 Å². The lowest BCUT2D eigenvalue weighted by molar-refractivity contribution is 0.207.